The van der Waals surface area contributed by atoms with Crippen LogP contribution in [-0.2, 0) is 21.3 Å². The number of aromatic nitrogens is 2. The summed E-state index contributed by atoms with van der Waals surface area (Å²) in [6, 6.07) is 9.55. The molecular weight excluding hydrogens is 429 g/mol. The van der Waals surface area contributed by atoms with Crippen LogP contribution in [0.4, 0.5) is 10.1 Å². The van der Waals surface area contributed by atoms with Crippen molar-refractivity contribution in [3.05, 3.63) is 54.0 Å². The van der Waals surface area contributed by atoms with Crippen LogP contribution in [0.15, 0.2) is 47.5 Å². The first-order valence-electron chi connectivity index (χ1n) is 11.1. The Labute approximate surface area is 189 Å². The second-order valence-corrected chi connectivity index (χ2v) is 10.8. The van der Waals surface area contributed by atoms with Crippen LogP contribution in [0.2, 0.25) is 0 Å². The maximum Gasteiger partial charge on any atom is 0.264 e. The number of ether oxygens (including phenoxy) is 1. The van der Waals surface area contributed by atoms with Crippen molar-refractivity contribution in [1.29, 1.82) is 0 Å². The summed E-state index contributed by atoms with van der Waals surface area (Å²) in [5, 5.41) is 5.40. The predicted octanol–water partition coefficient (Wildman–Crippen LogP) is 4.76. The monoisotopic (exact) mass is 459 g/mol. The molecule has 0 bridgehead atoms. The minimum atomic E-state index is -3.88. The third-order valence-electron chi connectivity index (χ3n) is 5.94. The first-order chi connectivity index (χ1) is 15.3. The molecular formula is C24H30FN3O3S. The van der Waals surface area contributed by atoms with Gasteiger partial charge in [-0.2, -0.15) is 5.10 Å². The summed E-state index contributed by atoms with van der Waals surface area (Å²) in [6.07, 6.45) is 3.92. The molecule has 1 fully saturated rings. The highest BCUT2D eigenvalue weighted by Gasteiger charge is 2.28. The summed E-state index contributed by atoms with van der Waals surface area (Å²) in [5.41, 5.74) is 1.45. The number of benzene rings is 2. The van der Waals surface area contributed by atoms with Crippen molar-refractivity contribution in [2.45, 2.75) is 45.1 Å². The highest BCUT2D eigenvalue weighted by molar-refractivity contribution is 7.92. The molecule has 0 unspecified atom stereocenters. The van der Waals surface area contributed by atoms with Crippen LogP contribution in [0.25, 0.3) is 10.9 Å². The van der Waals surface area contributed by atoms with Gasteiger partial charge in [-0.3, -0.25) is 8.99 Å². The second kappa shape index (κ2) is 9.19. The summed E-state index contributed by atoms with van der Waals surface area (Å²) < 4.78 is 50.2. The zero-order chi connectivity index (χ0) is 22.9. The van der Waals surface area contributed by atoms with E-state index in [9.17, 15) is 12.8 Å². The Morgan fingerprint density at radius 3 is 2.69 bits per heavy atom. The molecule has 0 spiro atoms. The van der Waals surface area contributed by atoms with Crippen LogP contribution >= 0.6 is 0 Å². The molecule has 8 heteroatoms. The summed E-state index contributed by atoms with van der Waals surface area (Å²) in [6.45, 7) is 8.10. The summed E-state index contributed by atoms with van der Waals surface area (Å²) >= 11 is 0. The van der Waals surface area contributed by atoms with Crippen LogP contribution in [0.5, 0.6) is 0 Å². The van der Waals surface area contributed by atoms with Crippen molar-refractivity contribution in [3.8, 4) is 0 Å². The highest BCUT2D eigenvalue weighted by atomic mass is 32.2. The van der Waals surface area contributed by atoms with E-state index in [1.165, 1.54) is 10.4 Å². The van der Waals surface area contributed by atoms with Crippen LogP contribution in [0.1, 0.15) is 32.3 Å². The van der Waals surface area contributed by atoms with Gasteiger partial charge in [0.15, 0.2) is 0 Å². The molecule has 0 N–H and O–H groups in total. The van der Waals surface area contributed by atoms with E-state index in [0.717, 1.165) is 43.5 Å². The number of halogens is 1. The van der Waals surface area contributed by atoms with Gasteiger partial charge in [0, 0.05) is 43.4 Å². The van der Waals surface area contributed by atoms with Gasteiger partial charge >= 0.3 is 0 Å². The van der Waals surface area contributed by atoms with Gasteiger partial charge in [0.05, 0.1) is 16.1 Å². The largest absolute Gasteiger partial charge is 0.381 e. The smallest absolute Gasteiger partial charge is 0.264 e. The minimum Gasteiger partial charge on any atom is -0.381 e. The van der Waals surface area contributed by atoms with E-state index in [2.05, 4.69) is 5.10 Å². The Kier molecular flexibility index (Phi) is 6.53. The standard InChI is InChI=1S/C24H30FN3O3S/c1-17(2)14-28(24-6-4-5-22(25)18(24)3)32(29,30)21-7-8-23-20(13-21)16-27(26-23)15-19-9-11-31-12-10-19/h4-8,13,16-17,19H,9-12,14-15H2,1-3H3. The minimum absolute atomic E-state index is 0.0680. The second-order valence-electron chi connectivity index (χ2n) is 8.94. The van der Waals surface area contributed by atoms with Gasteiger partial charge in [-0.05, 0) is 61.9 Å². The van der Waals surface area contributed by atoms with Gasteiger partial charge in [-0.15, -0.1) is 0 Å². The number of rotatable bonds is 7. The lowest BCUT2D eigenvalue weighted by Gasteiger charge is -2.27. The van der Waals surface area contributed by atoms with E-state index < -0.39 is 15.8 Å². The first kappa shape index (κ1) is 22.7. The summed E-state index contributed by atoms with van der Waals surface area (Å²) in [4.78, 5) is 0.180. The van der Waals surface area contributed by atoms with Crippen molar-refractivity contribution < 1.29 is 17.5 Å². The van der Waals surface area contributed by atoms with Crippen molar-refractivity contribution in [2.24, 2.45) is 11.8 Å². The number of hydrogen-bond donors (Lipinski definition) is 0. The lowest BCUT2D eigenvalue weighted by molar-refractivity contribution is 0.0602. The van der Waals surface area contributed by atoms with Crippen LogP contribution in [0.3, 0.4) is 0 Å². The van der Waals surface area contributed by atoms with Crippen molar-refractivity contribution in [1.82, 2.24) is 9.78 Å². The number of nitrogens with zero attached hydrogens (tertiary/aromatic N) is 3. The molecule has 0 aliphatic carbocycles. The molecule has 0 atom stereocenters. The topological polar surface area (TPSA) is 64.4 Å². The average molecular weight is 460 g/mol. The van der Waals surface area contributed by atoms with Gasteiger partial charge in [-0.25, -0.2) is 12.8 Å². The molecule has 1 saturated heterocycles. The number of fused-ring (bicyclic) bond motifs is 1. The van der Waals surface area contributed by atoms with Gasteiger partial charge in [0.25, 0.3) is 10.0 Å². The highest BCUT2D eigenvalue weighted by Crippen LogP contribution is 2.30. The molecule has 0 radical (unpaired) electrons. The fourth-order valence-corrected chi connectivity index (χ4v) is 5.87. The fraction of sp³-hybridized carbons (Fsp3) is 0.458. The summed E-state index contributed by atoms with van der Waals surface area (Å²) in [5.74, 6) is 0.161. The average Bonchev–Trinajstić information content (AvgIpc) is 3.16. The van der Waals surface area contributed by atoms with Crippen LogP contribution in [0, 0.1) is 24.6 Å². The molecule has 0 amide bonds. The molecule has 6 nitrogen and oxygen atoms in total. The van der Waals surface area contributed by atoms with Gasteiger partial charge in [-0.1, -0.05) is 19.9 Å². The van der Waals surface area contributed by atoms with Crippen LogP contribution in [-0.4, -0.2) is 38.0 Å². The molecule has 3 aromatic rings. The molecule has 0 saturated carbocycles. The number of anilines is 1. The molecule has 32 heavy (non-hydrogen) atoms. The van der Waals surface area contributed by atoms with Crippen molar-refractivity contribution in [2.75, 3.05) is 24.1 Å². The van der Waals surface area contributed by atoms with Crippen molar-refractivity contribution in [3.63, 3.8) is 0 Å². The maximum absolute atomic E-state index is 14.2. The van der Waals surface area contributed by atoms with E-state index >= 15 is 0 Å². The predicted molar refractivity (Wildman–Crippen MR) is 124 cm³/mol. The van der Waals surface area contributed by atoms with Crippen LogP contribution < -0.4 is 4.31 Å². The molecule has 4 rings (SSSR count). The Bertz CT molecular complexity index is 1200. The SMILES string of the molecule is Cc1c(F)cccc1N(CC(C)C)S(=O)(=O)c1ccc2nn(CC3CCOCC3)cc2c1. The Morgan fingerprint density at radius 2 is 1.97 bits per heavy atom. The molecule has 1 aromatic heterocycles. The Balaban J connectivity index is 1.68. The Hall–Kier alpha value is -2.45. The maximum atomic E-state index is 14.2. The van der Waals surface area contributed by atoms with Gasteiger partial charge < -0.3 is 4.74 Å². The summed E-state index contributed by atoms with van der Waals surface area (Å²) in [7, 11) is -3.88. The number of hydrogen-bond acceptors (Lipinski definition) is 4. The van der Waals surface area contributed by atoms with E-state index in [1.54, 1.807) is 37.3 Å². The first-order valence-corrected chi connectivity index (χ1v) is 12.5. The van der Waals surface area contributed by atoms with Gasteiger partial charge in [0.2, 0.25) is 0 Å². The fourth-order valence-electron chi connectivity index (χ4n) is 4.15. The van der Waals surface area contributed by atoms with Crippen molar-refractivity contribution >= 4 is 26.6 Å². The molecule has 172 valence electrons. The van der Waals surface area contributed by atoms with E-state index in [0.29, 0.717) is 17.2 Å². The normalized spacial score (nSPS) is 15.5. The zero-order valence-corrected chi connectivity index (χ0v) is 19.6. The van der Waals surface area contributed by atoms with E-state index in [1.807, 2.05) is 24.7 Å². The third-order valence-corrected chi connectivity index (χ3v) is 7.71. The quantitative estimate of drug-likeness (QED) is 0.511. The van der Waals surface area contributed by atoms with E-state index in [-0.39, 0.29) is 17.4 Å². The van der Waals surface area contributed by atoms with Gasteiger partial charge in [0.1, 0.15) is 5.82 Å². The molecule has 1 aliphatic heterocycles. The lowest BCUT2D eigenvalue weighted by Crippen LogP contribution is -2.35. The molecule has 2 heterocycles. The lowest BCUT2D eigenvalue weighted by atomic mass is 10.0. The Morgan fingerprint density at radius 1 is 1.22 bits per heavy atom. The van der Waals surface area contributed by atoms with E-state index in [4.69, 9.17) is 4.74 Å². The zero-order valence-electron chi connectivity index (χ0n) is 18.8. The molecule has 1 aliphatic rings. The third kappa shape index (κ3) is 4.66. The molecule has 2 aromatic carbocycles. The number of sulfonamides is 1.